The van der Waals surface area contributed by atoms with Crippen LogP contribution in [0.1, 0.15) is 0 Å². The fourth-order valence-electron chi connectivity index (χ4n) is 6.84. The lowest BCUT2D eigenvalue weighted by Gasteiger charge is -2.25. The number of nitrogens with zero attached hydrogens (tertiary/aromatic N) is 4. The van der Waals surface area contributed by atoms with E-state index in [1.54, 1.807) is 0 Å². The maximum absolute atomic E-state index is 5.18. The van der Waals surface area contributed by atoms with Crippen molar-refractivity contribution in [1.82, 2.24) is 14.4 Å². The molecular weight excluding hydrogens is 545 g/mol. The highest BCUT2D eigenvalue weighted by atomic mass is 32.1. The molecule has 0 N–H and O–H groups in total. The van der Waals surface area contributed by atoms with Gasteiger partial charge in [-0.2, -0.15) is 0 Å². The van der Waals surface area contributed by atoms with Crippen molar-refractivity contribution in [2.75, 3.05) is 4.90 Å². The topological polar surface area (TPSA) is 33.4 Å². The van der Waals surface area contributed by atoms with Gasteiger partial charge in [0.25, 0.3) is 0 Å². The second kappa shape index (κ2) is 8.51. The van der Waals surface area contributed by atoms with Gasteiger partial charge in [-0.05, 0) is 54.6 Å². The molecule has 0 amide bonds. The average Bonchev–Trinajstić information content (AvgIpc) is 3.71. The minimum Gasteiger partial charge on any atom is -0.310 e. The molecule has 4 heterocycles. The Kier molecular flexibility index (Phi) is 4.57. The summed E-state index contributed by atoms with van der Waals surface area (Å²) >= 11 is 1.86. The number of rotatable bonds is 3. The summed E-state index contributed by atoms with van der Waals surface area (Å²) in [7, 11) is 0. The SMILES string of the molecule is c1ccc(N(c2ccccc2)c2ccc3sc4c(ccc5c6cccc7c8nc9ccccc9nc8n(c67)c54)c3c2)cc1. The standard InChI is InChI=1S/C38H22N4S/c1-3-10-23(11-4-1)41(24-12-5-2-6-13-24)25-18-21-33-30(22-25)28-20-19-27-26-14-9-15-29-34-38(40-32-17-8-7-16-31(32)39-34)42(35(26)29)36(27)37(28)43-33/h1-22H. The van der Waals surface area contributed by atoms with Crippen molar-refractivity contribution >= 4 is 98.0 Å². The van der Waals surface area contributed by atoms with Crippen LogP contribution in [0.15, 0.2) is 133 Å². The largest absolute Gasteiger partial charge is 0.310 e. The van der Waals surface area contributed by atoms with Crippen LogP contribution in [0.4, 0.5) is 17.1 Å². The van der Waals surface area contributed by atoms with E-state index in [1.807, 2.05) is 29.5 Å². The highest BCUT2D eigenvalue weighted by Crippen LogP contribution is 2.46. The minimum atomic E-state index is 0.916. The zero-order chi connectivity index (χ0) is 28.1. The second-order valence-electron chi connectivity index (χ2n) is 11.0. The van der Waals surface area contributed by atoms with Gasteiger partial charge in [0.2, 0.25) is 0 Å². The molecule has 0 saturated heterocycles. The molecule has 5 heteroatoms. The lowest BCUT2D eigenvalue weighted by atomic mass is 10.1. The Hall–Kier alpha value is -5.52. The van der Waals surface area contributed by atoms with Crippen molar-refractivity contribution in [2.45, 2.75) is 0 Å². The molecule has 0 saturated carbocycles. The summed E-state index contributed by atoms with van der Waals surface area (Å²) < 4.78 is 4.92. The Labute approximate surface area is 250 Å². The highest BCUT2D eigenvalue weighted by Gasteiger charge is 2.23. The molecule has 10 aromatic rings. The zero-order valence-electron chi connectivity index (χ0n) is 22.9. The predicted octanol–water partition coefficient (Wildman–Crippen LogP) is 10.6. The first-order valence-corrected chi connectivity index (χ1v) is 15.3. The Morgan fingerprint density at radius 2 is 1.14 bits per heavy atom. The molecule has 0 spiro atoms. The van der Waals surface area contributed by atoms with Gasteiger partial charge in [0.1, 0.15) is 5.52 Å². The van der Waals surface area contributed by atoms with Gasteiger partial charge in [0.05, 0.1) is 26.8 Å². The number of benzene rings is 6. The van der Waals surface area contributed by atoms with Crippen LogP contribution in [0.5, 0.6) is 0 Å². The van der Waals surface area contributed by atoms with Crippen molar-refractivity contribution in [3.05, 3.63) is 133 Å². The normalized spacial score (nSPS) is 12.2. The van der Waals surface area contributed by atoms with Gasteiger partial charge in [-0.1, -0.05) is 78.9 Å². The van der Waals surface area contributed by atoms with E-state index in [2.05, 4.69) is 125 Å². The van der Waals surface area contributed by atoms with Crippen LogP contribution in [0, 0.1) is 0 Å². The van der Waals surface area contributed by atoms with Crippen LogP contribution in [0.3, 0.4) is 0 Å². The molecule has 0 unspecified atom stereocenters. The van der Waals surface area contributed by atoms with E-state index in [0.29, 0.717) is 0 Å². The Bertz CT molecular complexity index is 2630. The van der Waals surface area contributed by atoms with Crippen molar-refractivity contribution < 1.29 is 0 Å². The molecule has 200 valence electrons. The third-order valence-corrected chi connectivity index (χ3v) is 9.87. The van der Waals surface area contributed by atoms with Crippen LogP contribution in [-0.4, -0.2) is 14.4 Å². The maximum atomic E-state index is 5.18. The molecule has 0 fully saturated rings. The van der Waals surface area contributed by atoms with Crippen molar-refractivity contribution in [2.24, 2.45) is 0 Å². The molecule has 10 rings (SSSR count). The summed E-state index contributed by atoms with van der Waals surface area (Å²) in [4.78, 5) is 12.6. The van der Waals surface area contributed by atoms with E-state index >= 15 is 0 Å². The van der Waals surface area contributed by atoms with Gasteiger partial charge in [0, 0.05) is 48.7 Å². The summed E-state index contributed by atoms with van der Waals surface area (Å²) in [6, 6.07) is 47.4. The van der Waals surface area contributed by atoms with Crippen LogP contribution in [-0.2, 0) is 0 Å². The number of fused-ring (bicyclic) bond motifs is 11. The van der Waals surface area contributed by atoms with Gasteiger partial charge in [-0.25, -0.2) is 9.97 Å². The van der Waals surface area contributed by atoms with E-state index < -0.39 is 0 Å². The van der Waals surface area contributed by atoms with Crippen molar-refractivity contribution in [3.8, 4) is 0 Å². The summed E-state index contributed by atoms with van der Waals surface area (Å²) in [6.45, 7) is 0. The molecule has 4 aromatic heterocycles. The molecule has 0 radical (unpaired) electrons. The molecule has 0 bridgehead atoms. The second-order valence-corrected chi connectivity index (χ2v) is 12.1. The van der Waals surface area contributed by atoms with E-state index in [-0.39, 0.29) is 0 Å². The molecule has 43 heavy (non-hydrogen) atoms. The third kappa shape index (κ3) is 3.14. The summed E-state index contributed by atoms with van der Waals surface area (Å²) in [5, 5.41) is 6.18. The zero-order valence-corrected chi connectivity index (χ0v) is 23.7. The fourth-order valence-corrected chi connectivity index (χ4v) is 8.06. The molecule has 0 aliphatic carbocycles. The lowest BCUT2D eigenvalue weighted by molar-refractivity contribution is 1.28. The van der Waals surface area contributed by atoms with Crippen LogP contribution >= 0.6 is 11.3 Å². The number of para-hydroxylation sites is 5. The van der Waals surface area contributed by atoms with Gasteiger partial charge in [-0.15, -0.1) is 11.3 Å². The molecule has 4 nitrogen and oxygen atoms in total. The number of anilines is 3. The summed E-state index contributed by atoms with van der Waals surface area (Å²) in [5.41, 5.74) is 9.55. The lowest BCUT2D eigenvalue weighted by Crippen LogP contribution is -2.09. The quantitative estimate of drug-likeness (QED) is 0.213. The van der Waals surface area contributed by atoms with Crippen molar-refractivity contribution in [3.63, 3.8) is 0 Å². The van der Waals surface area contributed by atoms with Gasteiger partial charge in [0.15, 0.2) is 5.65 Å². The Morgan fingerprint density at radius 3 is 1.91 bits per heavy atom. The first kappa shape index (κ1) is 23.1. The minimum absolute atomic E-state index is 0.916. The Balaban J connectivity index is 1.30. The number of hydrogen-bond acceptors (Lipinski definition) is 4. The first-order valence-electron chi connectivity index (χ1n) is 14.4. The van der Waals surface area contributed by atoms with E-state index in [9.17, 15) is 0 Å². The number of hydrogen-bond donors (Lipinski definition) is 0. The third-order valence-electron chi connectivity index (χ3n) is 8.68. The van der Waals surface area contributed by atoms with Crippen LogP contribution in [0.25, 0.3) is 69.6 Å². The summed E-state index contributed by atoms with van der Waals surface area (Å²) in [5.74, 6) is 0. The Morgan fingerprint density at radius 1 is 0.488 bits per heavy atom. The first-order chi connectivity index (χ1) is 21.3. The number of aromatic nitrogens is 3. The maximum Gasteiger partial charge on any atom is 0.165 e. The van der Waals surface area contributed by atoms with Gasteiger partial charge < -0.3 is 4.90 Å². The highest BCUT2D eigenvalue weighted by molar-refractivity contribution is 7.26. The van der Waals surface area contributed by atoms with Crippen LogP contribution < -0.4 is 4.90 Å². The summed E-state index contributed by atoms with van der Waals surface area (Å²) in [6.07, 6.45) is 0. The van der Waals surface area contributed by atoms with E-state index in [4.69, 9.17) is 9.97 Å². The molecule has 0 aliphatic heterocycles. The average molecular weight is 567 g/mol. The number of thiophene rings is 1. The smallest absolute Gasteiger partial charge is 0.165 e. The molecule has 0 atom stereocenters. The fraction of sp³-hybridized carbons (Fsp3) is 0. The van der Waals surface area contributed by atoms with Crippen LogP contribution in [0.2, 0.25) is 0 Å². The molecular formula is C38H22N4S. The van der Waals surface area contributed by atoms with E-state index in [1.165, 1.54) is 42.0 Å². The predicted molar refractivity (Wildman–Crippen MR) is 182 cm³/mol. The monoisotopic (exact) mass is 566 g/mol. The van der Waals surface area contributed by atoms with Gasteiger partial charge in [-0.3, -0.25) is 4.40 Å². The molecule has 0 aliphatic rings. The molecule has 6 aromatic carbocycles. The van der Waals surface area contributed by atoms with Gasteiger partial charge >= 0.3 is 0 Å². The van der Waals surface area contributed by atoms with Crippen molar-refractivity contribution in [1.29, 1.82) is 0 Å². The van der Waals surface area contributed by atoms with E-state index in [0.717, 1.165) is 44.6 Å².